The first-order valence-corrected chi connectivity index (χ1v) is 7.43. The Bertz CT molecular complexity index is 339. The van der Waals surface area contributed by atoms with Crippen molar-refractivity contribution in [2.24, 2.45) is 5.41 Å². The van der Waals surface area contributed by atoms with Gasteiger partial charge in [0.15, 0.2) is 0 Å². The van der Waals surface area contributed by atoms with Crippen molar-refractivity contribution in [2.75, 3.05) is 24.7 Å². The summed E-state index contributed by atoms with van der Waals surface area (Å²) in [5.74, 6) is -0.333. The molecule has 4 nitrogen and oxygen atoms in total. The molecule has 0 spiro atoms. The van der Waals surface area contributed by atoms with Crippen molar-refractivity contribution in [3.8, 4) is 0 Å². The summed E-state index contributed by atoms with van der Waals surface area (Å²) in [7, 11) is -1.19. The van der Waals surface area contributed by atoms with Gasteiger partial charge in [-0.15, -0.1) is 0 Å². The third kappa shape index (κ3) is 7.51. The minimum absolute atomic E-state index is 0.0172. The Morgan fingerprint density at radius 2 is 2.00 bits per heavy atom. The molecule has 1 aliphatic carbocycles. The van der Waals surface area contributed by atoms with E-state index in [1.807, 2.05) is 0 Å². The van der Waals surface area contributed by atoms with Gasteiger partial charge in [-0.05, 0) is 24.7 Å². The van der Waals surface area contributed by atoms with Crippen LogP contribution in [0.1, 0.15) is 25.7 Å². The van der Waals surface area contributed by atoms with Gasteiger partial charge in [0, 0.05) is 28.9 Å². The summed E-state index contributed by atoms with van der Waals surface area (Å²) < 4.78 is 51.3. The molecule has 0 aromatic carbocycles. The van der Waals surface area contributed by atoms with Crippen LogP contribution in [0.2, 0.25) is 0 Å². The van der Waals surface area contributed by atoms with E-state index in [0.717, 1.165) is 12.8 Å². The van der Waals surface area contributed by atoms with Gasteiger partial charge in [-0.3, -0.25) is 9.00 Å². The number of rotatable bonds is 9. The first kappa shape index (κ1) is 16.4. The monoisotopic (exact) mass is 302 g/mol. The molecule has 1 rings (SSSR count). The number of alkyl halides is 3. The minimum atomic E-state index is -4.33. The highest BCUT2D eigenvalue weighted by atomic mass is 32.2. The van der Waals surface area contributed by atoms with Crippen molar-refractivity contribution in [3.63, 3.8) is 0 Å². The van der Waals surface area contributed by atoms with Crippen LogP contribution >= 0.6 is 0 Å². The Hall–Kier alpha value is -0.630. The molecule has 0 radical (unpaired) electrons. The number of hydrogen-bond acceptors (Lipinski definition) is 3. The van der Waals surface area contributed by atoms with E-state index in [0.29, 0.717) is 5.75 Å². The van der Waals surface area contributed by atoms with Crippen molar-refractivity contribution in [1.82, 2.24) is 0 Å². The predicted molar refractivity (Wildman–Crippen MR) is 63.3 cm³/mol. The molecule has 0 amide bonds. The Morgan fingerprint density at radius 3 is 2.47 bits per heavy atom. The van der Waals surface area contributed by atoms with Crippen LogP contribution in [-0.4, -0.2) is 46.2 Å². The van der Waals surface area contributed by atoms with E-state index in [2.05, 4.69) is 4.74 Å². The molecule has 0 saturated heterocycles. The fraction of sp³-hybridized carbons (Fsp3) is 0.909. The summed E-state index contributed by atoms with van der Waals surface area (Å²) in [5.41, 5.74) is -0.344. The molecule has 1 saturated carbocycles. The number of aliphatic carboxylic acids is 1. The molecule has 8 heteroatoms. The maximum absolute atomic E-state index is 11.8. The van der Waals surface area contributed by atoms with Gasteiger partial charge in [0.1, 0.15) is 6.61 Å². The van der Waals surface area contributed by atoms with E-state index in [1.54, 1.807) is 0 Å². The van der Waals surface area contributed by atoms with Crippen LogP contribution in [0.5, 0.6) is 0 Å². The molecule has 0 bridgehead atoms. The summed E-state index contributed by atoms with van der Waals surface area (Å²) in [6.45, 7) is -1.38. The second-order valence-corrected chi connectivity index (χ2v) is 6.46. The highest BCUT2D eigenvalue weighted by Crippen LogP contribution is 2.49. The number of halogens is 3. The number of hydrogen-bond donors (Lipinski definition) is 1. The lowest BCUT2D eigenvalue weighted by Gasteiger charge is -2.12. The van der Waals surface area contributed by atoms with Crippen LogP contribution in [0.25, 0.3) is 0 Å². The first-order chi connectivity index (χ1) is 8.72. The standard InChI is InChI=1S/C11H17F3O4S/c12-11(13,14)7-18-4-1-5-19(17)8-10(2-3-10)6-9(15)16/h1-8H2,(H,15,16). The molecule has 19 heavy (non-hydrogen) atoms. The average molecular weight is 302 g/mol. The van der Waals surface area contributed by atoms with Crippen LogP contribution < -0.4 is 0 Å². The first-order valence-electron chi connectivity index (χ1n) is 5.94. The lowest BCUT2D eigenvalue weighted by Crippen LogP contribution is -2.20. The van der Waals surface area contributed by atoms with E-state index in [-0.39, 0.29) is 30.6 Å². The molecule has 0 heterocycles. The van der Waals surface area contributed by atoms with Crippen molar-refractivity contribution < 1.29 is 32.0 Å². The molecule has 1 aliphatic rings. The molecular weight excluding hydrogens is 285 g/mol. The lowest BCUT2D eigenvalue weighted by atomic mass is 10.1. The number of ether oxygens (including phenoxy) is 1. The van der Waals surface area contributed by atoms with Gasteiger partial charge >= 0.3 is 12.1 Å². The number of carboxylic acid groups (broad SMARTS) is 1. The zero-order chi connectivity index (χ0) is 14.5. The van der Waals surface area contributed by atoms with Gasteiger partial charge in [-0.1, -0.05) is 0 Å². The van der Waals surface area contributed by atoms with Crippen molar-refractivity contribution in [3.05, 3.63) is 0 Å². The van der Waals surface area contributed by atoms with Gasteiger partial charge in [-0.2, -0.15) is 13.2 Å². The van der Waals surface area contributed by atoms with Crippen LogP contribution in [0.3, 0.4) is 0 Å². The zero-order valence-electron chi connectivity index (χ0n) is 10.4. The van der Waals surface area contributed by atoms with Gasteiger partial charge in [0.2, 0.25) is 0 Å². The summed E-state index contributed by atoms with van der Waals surface area (Å²) in [6.07, 6.45) is -2.51. The Balaban J connectivity index is 2.10. The highest BCUT2D eigenvalue weighted by Gasteiger charge is 2.45. The quantitative estimate of drug-likeness (QED) is 0.661. The van der Waals surface area contributed by atoms with Crippen LogP contribution in [-0.2, 0) is 20.3 Å². The number of carboxylic acids is 1. The fourth-order valence-electron chi connectivity index (χ4n) is 1.79. The van der Waals surface area contributed by atoms with Crippen LogP contribution in [0, 0.1) is 5.41 Å². The second-order valence-electron chi connectivity index (χ2n) is 4.88. The van der Waals surface area contributed by atoms with E-state index < -0.39 is 29.6 Å². The summed E-state index contributed by atoms with van der Waals surface area (Å²) >= 11 is 0. The largest absolute Gasteiger partial charge is 0.481 e. The minimum Gasteiger partial charge on any atom is -0.481 e. The maximum Gasteiger partial charge on any atom is 0.411 e. The molecule has 1 unspecified atom stereocenters. The molecule has 0 aromatic heterocycles. The Labute approximate surface area is 111 Å². The van der Waals surface area contributed by atoms with Crippen molar-refractivity contribution in [2.45, 2.75) is 31.9 Å². The summed E-state index contributed by atoms with van der Waals surface area (Å²) in [6, 6.07) is 0. The van der Waals surface area contributed by atoms with Crippen LogP contribution in [0.15, 0.2) is 0 Å². The molecular formula is C11H17F3O4S. The number of carbonyl (C=O) groups is 1. The van der Waals surface area contributed by atoms with Gasteiger partial charge in [-0.25, -0.2) is 0 Å². The Kier molecular flexibility index (Phi) is 5.79. The third-order valence-corrected chi connectivity index (χ3v) is 4.56. The normalized spacial score (nSPS) is 19.1. The van der Waals surface area contributed by atoms with Crippen LogP contribution in [0.4, 0.5) is 13.2 Å². The van der Waals surface area contributed by atoms with Gasteiger partial charge < -0.3 is 9.84 Å². The summed E-state index contributed by atoms with van der Waals surface area (Å²) in [5, 5.41) is 8.70. The third-order valence-electron chi connectivity index (χ3n) is 2.88. The van der Waals surface area contributed by atoms with Crippen molar-refractivity contribution >= 4 is 16.8 Å². The zero-order valence-corrected chi connectivity index (χ0v) is 11.2. The summed E-state index contributed by atoms with van der Waals surface area (Å²) in [4.78, 5) is 10.6. The lowest BCUT2D eigenvalue weighted by molar-refractivity contribution is -0.173. The second kappa shape index (κ2) is 6.69. The van der Waals surface area contributed by atoms with E-state index in [4.69, 9.17) is 5.11 Å². The molecule has 1 fully saturated rings. The fourth-order valence-corrected chi connectivity index (χ4v) is 3.45. The molecule has 112 valence electrons. The van der Waals surface area contributed by atoms with E-state index >= 15 is 0 Å². The predicted octanol–water partition coefficient (Wildman–Crippen LogP) is 1.96. The average Bonchev–Trinajstić information content (AvgIpc) is 2.93. The highest BCUT2D eigenvalue weighted by molar-refractivity contribution is 7.85. The Morgan fingerprint density at radius 1 is 1.37 bits per heavy atom. The smallest absolute Gasteiger partial charge is 0.411 e. The molecule has 1 atom stereocenters. The topological polar surface area (TPSA) is 63.6 Å². The van der Waals surface area contributed by atoms with Gasteiger partial charge in [0.25, 0.3) is 0 Å². The molecule has 0 aliphatic heterocycles. The maximum atomic E-state index is 11.8. The van der Waals surface area contributed by atoms with Crippen molar-refractivity contribution in [1.29, 1.82) is 0 Å². The molecule has 1 N–H and O–H groups in total. The SMILES string of the molecule is O=C(O)CC1(CS(=O)CCCOCC(F)(F)F)CC1. The van der Waals surface area contributed by atoms with E-state index in [1.165, 1.54) is 0 Å². The molecule has 0 aromatic rings. The van der Waals surface area contributed by atoms with Gasteiger partial charge in [0.05, 0.1) is 6.42 Å². The van der Waals surface area contributed by atoms with E-state index in [9.17, 15) is 22.2 Å².